The van der Waals surface area contributed by atoms with E-state index >= 15 is 0 Å². The zero-order chi connectivity index (χ0) is 21.6. The second-order valence-electron chi connectivity index (χ2n) is 6.72. The van der Waals surface area contributed by atoms with Crippen molar-refractivity contribution in [2.75, 3.05) is 20.8 Å². The molecule has 1 aromatic heterocycles. The van der Waals surface area contributed by atoms with Crippen LogP contribution in [0.25, 0.3) is 22.0 Å². The standard InChI is InChI=1S/C25H23N3O2S/c1-4-14-26-25-28(27-16-19-10-7-9-18-8-5-6-11-21(18)19)23(17-31-25)22-13-12-20(29-2)15-24(22)30-3/h4-13,15-17H,1,14H2,2-3H3. The molecule has 0 aliphatic rings. The lowest BCUT2D eigenvalue weighted by molar-refractivity contribution is 0.395. The molecule has 0 saturated heterocycles. The monoisotopic (exact) mass is 429 g/mol. The normalized spacial score (nSPS) is 11.9. The minimum absolute atomic E-state index is 0.517. The number of nitrogens with zero attached hydrogens (tertiary/aromatic N) is 3. The molecule has 0 saturated carbocycles. The van der Waals surface area contributed by atoms with Crippen molar-refractivity contribution in [1.29, 1.82) is 0 Å². The van der Waals surface area contributed by atoms with E-state index in [0.29, 0.717) is 12.3 Å². The molecule has 0 radical (unpaired) electrons. The van der Waals surface area contributed by atoms with Gasteiger partial charge >= 0.3 is 0 Å². The highest BCUT2D eigenvalue weighted by Crippen LogP contribution is 2.33. The highest BCUT2D eigenvalue weighted by molar-refractivity contribution is 7.07. The number of fused-ring (bicyclic) bond motifs is 1. The average Bonchev–Trinajstić information content (AvgIpc) is 3.23. The third-order valence-electron chi connectivity index (χ3n) is 4.86. The molecule has 156 valence electrons. The maximum absolute atomic E-state index is 5.62. The number of ether oxygens (including phenoxy) is 2. The van der Waals surface area contributed by atoms with Crippen molar-refractivity contribution in [3.8, 4) is 22.8 Å². The smallest absolute Gasteiger partial charge is 0.206 e. The van der Waals surface area contributed by atoms with Crippen molar-refractivity contribution in [1.82, 2.24) is 4.68 Å². The Bertz CT molecular complexity index is 1310. The number of methoxy groups -OCH3 is 2. The summed E-state index contributed by atoms with van der Waals surface area (Å²) in [6.07, 6.45) is 3.65. The zero-order valence-electron chi connectivity index (χ0n) is 17.5. The van der Waals surface area contributed by atoms with Gasteiger partial charge in [0.25, 0.3) is 0 Å². The molecule has 6 heteroatoms. The summed E-state index contributed by atoms with van der Waals surface area (Å²) in [6, 6.07) is 20.2. The molecule has 1 heterocycles. The fourth-order valence-corrected chi connectivity index (χ4v) is 4.18. The van der Waals surface area contributed by atoms with Crippen LogP contribution in [0.4, 0.5) is 0 Å². The molecule has 4 rings (SSSR count). The molecule has 0 N–H and O–H groups in total. The molecule has 0 bridgehead atoms. The fraction of sp³-hybridized carbons (Fsp3) is 0.120. The second-order valence-corrected chi connectivity index (χ2v) is 7.56. The van der Waals surface area contributed by atoms with Crippen LogP contribution in [0.3, 0.4) is 0 Å². The molecule has 0 unspecified atom stereocenters. The van der Waals surface area contributed by atoms with Gasteiger partial charge in [-0.3, -0.25) is 4.99 Å². The van der Waals surface area contributed by atoms with E-state index in [1.165, 1.54) is 16.7 Å². The van der Waals surface area contributed by atoms with Crippen molar-refractivity contribution < 1.29 is 9.47 Å². The minimum atomic E-state index is 0.517. The Morgan fingerprint density at radius 3 is 2.68 bits per heavy atom. The number of thiazole rings is 1. The molecule has 0 amide bonds. The lowest BCUT2D eigenvalue weighted by Crippen LogP contribution is -2.12. The maximum Gasteiger partial charge on any atom is 0.206 e. The Morgan fingerprint density at radius 2 is 1.87 bits per heavy atom. The molecule has 31 heavy (non-hydrogen) atoms. The van der Waals surface area contributed by atoms with Crippen LogP contribution in [0.5, 0.6) is 11.5 Å². The lowest BCUT2D eigenvalue weighted by atomic mass is 10.1. The molecule has 4 aromatic rings. The summed E-state index contributed by atoms with van der Waals surface area (Å²) in [6.45, 7) is 4.29. The number of rotatable bonds is 7. The molecule has 0 spiro atoms. The second kappa shape index (κ2) is 9.45. The van der Waals surface area contributed by atoms with Crippen molar-refractivity contribution in [2.24, 2.45) is 10.1 Å². The van der Waals surface area contributed by atoms with Gasteiger partial charge in [0.1, 0.15) is 11.5 Å². The summed E-state index contributed by atoms with van der Waals surface area (Å²) in [4.78, 5) is 5.40. The third-order valence-corrected chi connectivity index (χ3v) is 5.72. The first kappa shape index (κ1) is 20.6. The van der Waals surface area contributed by atoms with Gasteiger partial charge in [-0.15, -0.1) is 17.9 Å². The molecular formula is C25H23N3O2S. The van der Waals surface area contributed by atoms with Crippen molar-refractivity contribution in [2.45, 2.75) is 0 Å². The Morgan fingerprint density at radius 1 is 1.03 bits per heavy atom. The van der Waals surface area contributed by atoms with E-state index < -0.39 is 0 Å². The van der Waals surface area contributed by atoms with E-state index in [-0.39, 0.29) is 0 Å². The van der Waals surface area contributed by atoms with Gasteiger partial charge in [-0.1, -0.05) is 48.5 Å². The Balaban J connectivity index is 1.86. The summed E-state index contributed by atoms with van der Waals surface area (Å²) < 4.78 is 12.8. The Kier molecular flexibility index (Phi) is 6.29. The highest BCUT2D eigenvalue weighted by Gasteiger charge is 2.13. The zero-order valence-corrected chi connectivity index (χ0v) is 18.3. The summed E-state index contributed by atoms with van der Waals surface area (Å²) >= 11 is 1.53. The summed E-state index contributed by atoms with van der Waals surface area (Å²) in [5.74, 6) is 1.44. The quantitative estimate of drug-likeness (QED) is 0.293. The molecular weight excluding hydrogens is 406 g/mol. The van der Waals surface area contributed by atoms with E-state index in [0.717, 1.165) is 32.8 Å². The van der Waals surface area contributed by atoms with Gasteiger partial charge in [-0.2, -0.15) is 5.10 Å². The van der Waals surface area contributed by atoms with E-state index in [4.69, 9.17) is 14.6 Å². The summed E-state index contributed by atoms with van der Waals surface area (Å²) in [5, 5.41) is 9.18. The predicted octanol–water partition coefficient (Wildman–Crippen LogP) is 5.36. The molecule has 3 aromatic carbocycles. The van der Waals surface area contributed by atoms with Gasteiger partial charge in [0.2, 0.25) is 4.80 Å². The lowest BCUT2D eigenvalue weighted by Gasteiger charge is -2.11. The fourth-order valence-electron chi connectivity index (χ4n) is 3.34. The van der Waals surface area contributed by atoms with E-state index in [1.807, 2.05) is 52.7 Å². The van der Waals surface area contributed by atoms with E-state index in [2.05, 4.69) is 35.8 Å². The van der Waals surface area contributed by atoms with Crippen molar-refractivity contribution >= 4 is 28.3 Å². The molecule has 0 fully saturated rings. The number of hydrogen-bond acceptors (Lipinski definition) is 5. The molecule has 0 aliphatic heterocycles. The predicted molar refractivity (Wildman–Crippen MR) is 128 cm³/mol. The van der Waals surface area contributed by atoms with Gasteiger partial charge in [0, 0.05) is 22.6 Å². The molecule has 0 atom stereocenters. The van der Waals surface area contributed by atoms with Gasteiger partial charge in [-0.05, 0) is 22.9 Å². The topological polar surface area (TPSA) is 48.1 Å². The van der Waals surface area contributed by atoms with Gasteiger partial charge in [0.15, 0.2) is 0 Å². The van der Waals surface area contributed by atoms with Crippen LogP contribution in [0.1, 0.15) is 5.56 Å². The van der Waals surface area contributed by atoms with Crippen LogP contribution in [0, 0.1) is 0 Å². The first-order valence-corrected chi connectivity index (χ1v) is 10.7. The maximum atomic E-state index is 5.62. The van der Waals surface area contributed by atoms with E-state index in [9.17, 15) is 0 Å². The van der Waals surface area contributed by atoms with Crippen LogP contribution < -0.4 is 14.3 Å². The van der Waals surface area contributed by atoms with Crippen LogP contribution in [0.2, 0.25) is 0 Å². The molecule has 5 nitrogen and oxygen atoms in total. The van der Waals surface area contributed by atoms with Crippen molar-refractivity contribution in [3.63, 3.8) is 0 Å². The van der Waals surface area contributed by atoms with Crippen molar-refractivity contribution in [3.05, 3.63) is 89.1 Å². The highest BCUT2D eigenvalue weighted by atomic mass is 32.1. The number of benzene rings is 3. The SMILES string of the molecule is C=CCN=c1scc(-c2ccc(OC)cc2OC)n1N=Cc1cccc2ccccc12. The largest absolute Gasteiger partial charge is 0.497 e. The van der Waals surface area contributed by atoms with Gasteiger partial charge in [-0.25, -0.2) is 4.68 Å². The van der Waals surface area contributed by atoms with E-state index in [1.54, 1.807) is 20.3 Å². The van der Waals surface area contributed by atoms with Crippen LogP contribution >= 0.6 is 11.3 Å². The third kappa shape index (κ3) is 4.29. The van der Waals surface area contributed by atoms with Crippen LogP contribution in [0.15, 0.2) is 88.8 Å². The average molecular weight is 430 g/mol. The Labute approximate surface area is 185 Å². The first-order valence-electron chi connectivity index (χ1n) is 9.81. The summed E-state index contributed by atoms with van der Waals surface area (Å²) in [7, 11) is 3.29. The number of aromatic nitrogens is 1. The minimum Gasteiger partial charge on any atom is -0.497 e. The Hall–Kier alpha value is -3.64. The van der Waals surface area contributed by atoms with Crippen LogP contribution in [-0.2, 0) is 0 Å². The summed E-state index contributed by atoms with van der Waals surface area (Å²) in [5.41, 5.74) is 2.84. The van der Waals surface area contributed by atoms with Gasteiger partial charge in [0.05, 0.1) is 32.7 Å². The first-order chi connectivity index (χ1) is 15.2. The number of hydrogen-bond donors (Lipinski definition) is 0. The van der Waals surface area contributed by atoms with Gasteiger partial charge < -0.3 is 9.47 Å². The molecule has 0 aliphatic carbocycles. The van der Waals surface area contributed by atoms with Crippen LogP contribution in [-0.4, -0.2) is 31.7 Å².